The summed E-state index contributed by atoms with van der Waals surface area (Å²) in [5.41, 5.74) is 1.57. The van der Waals surface area contributed by atoms with Crippen molar-refractivity contribution >= 4 is 15.9 Å². The van der Waals surface area contributed by atoms with Gasteiger partial charge in [0.1, 0.15) is 11.5 Å². The summed E-state index contributed by atoms with van der Waals surface area (Å²) in [7, 11) is 0.919. The zero-order chi connectivity index (χ0) is 21.4. The van der Waals surface area contributed by atoms with Gasteiger partial charge in [0.2, 0.25) is 15.9 Å². The van der Waals surface area contributed by atoms with Gasteiger partial charge in [-0.3, -0.25) is 4.79 Å². The molecule has 0 heterocycles. The maximum absolute atomic E-state index is 12.4. The molecule has 0 saturated carbocycles. The van der Waals surface area contributed by atoms with Gasteiger partial charge in [-0.05, 0) is 43.2 Å². The van der Waals surface area contributed by atoms with Crippen molar-refractivity contribution in [2.45, 2.75) is 31.2 Å². The average molecular weight is 421 g/mol. The second-order valence-corrected chi connectivity index (χ2v) is 8.73. The van der Waals surface area contributed by atoms with Crippen LogP contribution in [0, 0.1) is 0 Å². The summed E-state index contributed by atoms with van der Waals surface area (Å²) in [6.45, 7) is 2.82. The third kappa shape index (κ3) is 5.95. The van der Waals surface area contributed by atoms with E-state index in [0.29, 0.717) is 30.9 Å². The molecule has 0 aliphatic rings. The molecule has 0 radical (unpaired) electrons. The van der Waals surface area contributed by atoms with Crippen molar-refractivity contribution in [1.29, 1.82) is 0 Å². The van der Waals surface area contributed by atoms with Gasteiger partial charge in [-0.1, -0.05) is 18.2 Å². The standard InChI is InChI=1S/C21H28N2O5S/c1-5-28-20-9-7-6-8-17(20)15-22-21(24)13-10-16-14-18(11-12-19(16)27-4)29(25,26)23(2)3/h6-9,11-12,14H,5,10,13,15H2,1-4H3,(H,22,24). The van der Waals surface area contributed by atoms with Crippen LogP contribution in [0.5, 0.6) is 11.5 Å². The van der Waals surface area contributed by atoms with Gasteiger partial charge in [0, 0.05) is 32.6 Å². The zero-order valence-corrected chi connectivity index (χ0v) is 18.1. The highest BCUT2D eigenvalue weighted by molar-refractivity contribution is 7.89. The van der Waals surface area contributed by atoms with E-state index in [1.54, 1.807) is 12.1 Å². The normalized spacial score (nSPS) is 11.3. The Kier molecular flexibility index (Phi) is 8.04. The number of ether oxygens (including phenoxy) is 2. The van der Waals surface area contributed by atoms with Crippen molar-refractivity contribution in [3.8, 4) is 11.5 Å². The van der Waals surface area contributed by atoms with Crippen LogP contribution in [0.2, 0.25) is 0 Å². The summed E-state index contributed by atoms with van der Waals surface area (Å²) in [4.78, 5) is 12.5. The first kappa shape index (κ1) is 22.7. The minimum atomic E-state index is -3.56. The first-order valence-electron chi connectivity index (χ1n) is 9.36. The van der Waals surface area contributed by atoms with Crippen LogP contribution in [-0.2, 0) is 27.8 Å². The van der Waals surface area contributed by atoms with Crippen LogP contribution in [0.25, 0.3) is 0 Å². The van der Waals surface area contributed by atoms with Crippen molar-refractivity contribution < 1.29 is 22.7 Å². The molecule has 8 heteroatoms. The fraction of sp³-hybridized carbons (Fsp3) is 0.381. The summed E-state index contributed by atoms with van der Waals surface area (Å²) in [6.07, 6.45) is 0.567. The highest BCUT2D eigenvalue weighted by Crippen LogP contribution is 2.25. The number of methoxy groups -OCH3 is 1. The molecule has 0 aliphatic heterocycles. The van der Waals surface area contributed by atoms with Gasteiger partial charge in [-0.2, -0.15) is 0 Å². The van der Waals surface area contributed by atoms with Crippen molar-refractivity contribution in [2.75, 3.05) is 27.8 Å². The van der Waals surface area contributed by atoms with Crippen LogP contribution >= 0.6 is 0 Å². The molecule has 2 aromatic rings. The maximum Gasteiger partial charge on any atom is 0.242 e. The van der Waals surface area contributed by atoms with E-state index in [1.807, 2.05) is 31.2 Å². The van der Waals surface area contributed by atoms with Gasteiger partial charge in [-0.15, -0.1) is 0 Å². The van der Waals surface area contributed by atoms with E-state index < -0.39 is 10.0 Å². The molecule has 7 nitrogen and oxygen atoms in total. The second-order valence-electron chi connectivity index (χ2n) is 6.58. The number of sulfonamides is 1. The molecule has 1 amide bonds. The lowest BCUT2D eigenvalue weighted by Crippen LogP contribution is -2.24. The summed E-state index contributed by atoms with van der Waals surface area (Å²) >= 11 is 0. The van der Waals surface area contributed by atoms with E-state index >= 15 is 0 Å². The molecule has 0 atom stereocenters. The summed E-state index contributed by atoms with van der Waals surface area (Å²) in [6, 6.07) is 12.2. The highest BCUT2D eigenvalue weighted by Gasteiger charge is 2.19. The predicted octanol–water partition coefficient (Wildman–Crippen LogP) is 2.59. The lowest BCUT2D eigenvalue weighted by atomic mass is 10.1. The Morgan fingerprint density at radius 1 is 1.07 bits per heavy atom. The number of nitrogens with zero attached hydrogens (tertiary/aromatic N) is 1. The Morgan fingerprint density at radius 3 is 2.45 bits per heavy atom. The number of aryl methyl sites for hydroxylation is 1. The summed E-state index contributed by atoms with van der Waals surface area (Å²) in [5, 5.41) is 2.88. The van der Waals surface area contributed by atoms with Gasteiger partial charge in [0.05, 0.1) is 18.6 Å². The number of nitrogens with one attached hydrogen (secondary N) is 1. The van der Waals surface area contributed by atoms with Crippen molar-refractivity contribution in [3.05, 3.63) is 53.6 Å². The van der Waals surface area contributed by atoms with E-state index in [2.05, 4.69) is 5.32 Å². The third-order valence-corrected chi connectivity index (χ3v) is 6.21. The lowest BCUT2D eigenvalue weighted by Gasteiger charge is -2.15. The zero-order valence-electron chi connectivity index (χ0n) is 17.3. The van der Waals surface area contributed by atoms with Gasteiger partial charge in [-0.25, -0.2) is 12.7 Å². The third-order valence-electron chi connectivity index (χ3n) is 4.40. The molecule has 2 rings (SSSR count). The number of carbonyl (C=O) groups excluding carboxylic acids is 1. The van der Waals surface area contributed by atoms with Crippen LogP contribution < -0.4 is 14.8 Å². The van der Waals surface area contributed by atoms with Crippen LogP contribution in [0.3, 0.4) is 0 Å². The number of para-hydroxylation sites is 1. The topological polar surface area (TPSA) is 84.9 Å². The fourth-order valence-corrected chi connectivity index (χ4v) is 3.75. The minimum absolute atomic E-state index is 0.140. The van der Waals surface area contributed by atoms with Gasteiger partial charge >= 0.3 is 0 Å². The number of hydrogen-bond donors (Lipinski definition) is 1. The maximum atomic E-state index is 12.4. The Morgan fingerprint density at radius 2 is 1.79 bits per heavy atom. The van der Waals surface area contributed by atoms with Crippen LogP contribution in [0.15, 0.2) is 47.4 Å². The van der Waals surface area contributed by atoms with E-state index in [0.717, 1.165) is 15.6 Å². The number of carbonyl (C=O) groups is 1. The molecule has 0 aromatic heterocycles. The fourth-order valence-electron chi connectivity index (χ4n) is 2.80. The average Bonchev–Trinajstić information content (AvgIpc) is 2.71. The monoisotopic (exact) mass is 420 g/mol. The first-order chi connectivity index (χ1) is 13.8. The molecule has 158 valence electrons. The Hall–Kier alpha value is -2.58. The van der Waals surface area contributed by atoms with Gasteiger partial charge in [0.25, 0.3) is 0 Å². The Bertz CT molecular complexity index is 942. The van der Waals surface area contributed by atoms with Crippen LogP contribution in [-0.4, -0.2) is 46.4 Å². The predicted molar refractivity (Wildman–Crippen MR) is 112 cm³/mol. The molecule has 0 fully saturated rings. The van der Waals surface area contributed by atoms with E-state index in [4.69, 9.17) is 9.47 Å². The molecule has 0 bridgehead atoms. The smallest absolute Gasteiger partial charge is 0.242 e. The van der Waals surface area contributed by atoms with Crippen LogP contribution in [0.4, 0.5) is 0 Å². The quantitative estimate of drug-likeness (QED) is 0.639. The Balaban J connectivity index is 2.04. The highest BCUT2D eigenvalue weighted by atomic mass is 32.2. The van der Waals surface area contributed by atoms with E-state index in [9.17, 15) is 13.2 Å². The van der Waals surface area contributed by atoms with Crippen molar-refractivity contribution in [2.24, 2.45) is 0 Å². The molecule has 0 saturated heterocycles. The van der Waals surface area contributed by atoms with E-state index in [1.165, 1.54) is 27.3 Å². The molecule has 1 N–H and O–H groups in total. The number of rotatable bonds is 10. The largest absolute Gasteiger partial charge is 0.496 e. The molecular weight excluding hydrogens is 392 g/mol. The van der Waals surface area contributed by atoms with Crippen molar-refractivity contribution in [3.63, 3.8) is 0 Å². The number of amides is 1. The van der Waals surface area contributed by atoms with Crippen molar-refractivity contribution in [1.82, 2.24) is 9.62 Å². The van der Waals surface area contributed by atoms with Gasteiger partial charge in [0.15, 0.2) is 0 Å². The molecule has 2 aromatic carbocycles. The number of benzene rings is 2. The summed E-state index contributed by atoms with van der Waals surface area (Å²) < 4.78 is 36.8. The minimum Gasteiger partial charge on any atom is -0.496 e. The molecule has 0 aliphatic carbocycles. The summed E-state index contributed by atoms with van der Waals surface area (Å²) in [5.74, 6) is 1.16. The SMILES string of the molecule is CCOc1ccccc1CNC(=O)CCc1cc(S(=O)(=O)N(C)C)ccc1OC. The van der Waals surface area contributed by atoms with E-state index in [-0.39, 0.29) is 17.2 Å². The molecule has 0 spiro atoms. The van der Waals surface area contributed by atoms with Gasteiger partial charge < -0.3 is 14.8 Å². The molecule has 0 unspecified atom stereocenters. The molecule has 29 heavy (non-hydrogen) atoms. The second kappa shape index (κ2) is 10.3. The van der Waals surface area contributed by atoms with Crippen LogP contribution in [0.1, 0.15) is 24.5 Å². The first-order valence-corrected chi connectivity index (χ1v) is 10.8. The molecular formula is C21H28N2O5S. The number of hydrogen-bond acceptors (Lipinski definition) is 5. The Labute approximate surface area is 172 Å². The lowest BCUT2D eigenvalue weighted by molar-refractivity contribution is -0.121.